The highest BCUT2D eigenvalue weighted by atomic mass is 16.3. The molecule has 0 radical (unpaired) electrons. The number of fused-ring (bicyclic) bond motifs is 10. The smallest absolute Gasteiger partial charge is 0.238 e. The topological polar surface area (TPSA) is 69.9 Å². The second kappa shape index (κ2) is 10.7. The number of benzene rings is 7. The molecule has 6 nitrogen and oxygen atoms in total. The Morgan fingerprint density at radius 3 is 2.02 bits per heavy atom. The van der Waals surface area contributed by atoms with Crippen LogP contribution in [-0.4, -0.2) is 19.5 Å². The Morgan fingerprint density at radius 2 is 1.18 bits per heavy atom. The first-order valence-electron chi connectivity index (χ1n) is 23.7. The van der Waals surface area contributed by atoms with Crippen molar-refractivity contribution in [2.45, 2.75) is 0 Å². The maximum atomic E-state index is 9.58. The van der Waals surface area contributed by atoms with E-state index < -0.39 is 102 Å². The summed E-state index contributed by atoms with van der Waals surface area (Å²) in [4.78, 5) is 14.1. The van der Waals surface area contributed by atoms with Crippen molar-refractivity contribution in [2.24, 2.45) is 0 Å². The van der Waals surface area contributed by atoms with E-state index in [1.807, 2.05) is 0 Å². The first-order valence-corrected chi connectivity index (χ1v) is 15.7. The van der Waals surface area contributed by atoms with Crippen LogP contribution in [0.2, 0.25) is 0 Å². The molecule has 4 heterocycles. The largest absolute Gasteiger partial charge is 0.456 e. The second-order valence-corrected chi connectivity index (χ2v) is 11.6. The molecule has 238 valence electrons. The second-order valence-electron chi connectivity index (χ2n) is 11.6. The maximum Gasteiger partial charge on any atom is 0.238 e. The number of rotatable bonds is 4. The third-order valence-electron chi connectivity index (χ3n) is 8.68. The van der Waals surface area contributed by atoms with Crippen molar-refractivity contribution >= 4 is 65.7 Å². The Hall–Kier alpha value is -7.05. The average molecular weight is 671 g/mol. The molecule has 0 fully saturated rings. The van der Waals surface area contributed by atoms with Gasteiger partial charge in [-0.15, -0.1) is 0 Å². The number of para-hydroxylation sites is 2. The molecular formula is C45H26N4O2. The Kier molecular flexibility index (Phi) is 3.48. The zero-order valence-electron chi connectivity index (χ0n) is 41.9. The van der Waals surface area contributed by atoms with Gasteiger partial charge in [-0.1, -0.05) is 115 Å². The van der Waals surface area contributed by atoms with Crippen molar-refractivity contribution in [3.63, 3.8) is 0 Å². The maximum absolute atomic E-state index is 9.58. The van der Waals surface area contributed by atoms with Gasteiger partial charge in [0.25, 0.3) is 0 Å². The van der Waals surface area contributed by atoms with E-state index in [1.165, 1.54) is 0 Å². The Balaban J connectivity index is 1.30. The molecule has 11 aromatic rings. The molecule has 0 bridgehead atoms. The molecule has 0 saturated carbocycles. The molecule has 0 aliphatic rings. The normalized spacial score (nSPS) is 16.3. The first kappa shape index (κ1) is 16.6. The lowest BCUT2D eigenvalue weighted by Crippen LogP contribution is -2.06. The van der Waals surface area contributed by atoms with Crippen molar-refractivity contribution in [1.29, 1.82) is 0 Å². The van der Waals surface area contributed by atoms with Crippen molar-refractivity contribution < 1.29 is 30.8 Å². The molecule has 4 aromatic heterocycles. The fourth-order valence-corrected chi connectivity index (χ4v) is 6.45. The molecule has 0 unspecified atom stereocenters. The number of hydrogen-bond donors (Lipinski definition) is 0. The van der Waals surface area contributed by atoms with Gasteiger partial charge in [-0.3, -0.25) is 4.57 Å². The van der Waals surface area contributed by atoms with E-state index in [0.717, 1.165) is 4.57 Å². The van der Waals surface area contributed by atoms with Gasteiger partial charge in [-0.2, -0.15) is 9.97 Å². The van der Waals surface area contributed by atoms with Crippen molar-refractivity contribution in [2.75, 3.05) is 0 Å². The third-order valence-corrected chi connectivity index (χ3v) is 8.68. The van der Waals surface area contributed by atoms with E-state index in [-0.39, 0.29) is 88.7 Å². The van der Waals surface area contributed by atoms with Crippen LogP contribution in [0.1, 0.15) is 21.9 Å². The minimum absolute atomic E-state index is 0.0658. The van der Waals surface area contributed by atoms with Crippen LogP contribution in [0.15, 0.2) is 166 Å². The van der Waals surface area contributed by atoms with Crippen LogP contribution in [0.25, 0.3) is 106 Å². The van der Waals surface area contributed by atoms with Gasteiger partial charge in [0.05, 0.1) is 38.4 Å². The molecule has 11 rings (SSSR count). The summed E-state index contributed by atoms with van der Waals surface area (Å²) in [5.74, 6) is -0.905. The molecule has 0 saturated heterocycles. The summed E-state index contributed by atoms with van der Waals surface area (Å²) in [6.07, 6.45) is 0. The standard InChI is InChI=1S/C45H26N4O2/c1-3-12-27(13-4-1)30-18-11-21-38-40(30)34-23-22-29(26-39(34)50-38)44-46-43(28-14-5-2-6-15-28)47-45(48-44)49-35-19-9-7-17-33(35)41-36(49)25-24-32-31-16-8-10-20-37(31)51-42(32)41/h1-26H/i7D,8D,9D,10D,11D,16D,17D,18D,19D,20D,21D,22D,23D,24D,25D,26D. The molecule has 0 amide bonds. The van der Waals surface area contributed by atoms with Gasteiger partial charge < -0.3 is 8.83 Å². The van der Waals surface area contributed by atoms with E-state index in [2.05, 4.69) is 4.98 Å². The Bertz CT molecular complexity index is 4060. The fourth-order valence-electron chi connectivity index (χ4n) is 6.45. The van der Waals surface area contributed by atoms with E-state index in [4.69, 9.17) is 31.1 Å². The number of furan rings is 2. The lowest BCUT2D eigenvalue weighted by Gasteiger charge is -2.11. The zero-order chi connectivity index (χ0) is 47.4. The molecular weight excluding hydrogens is 629 g/mol. The summed E-state index contributed by atoms with van der Waals surface area (Å²) < 4.78 is 157. The summed E-state index contributed by atoms with van der Waals surface area (Å²) in [5.41, 5.74) is -0.993. The van der Waals surface area contributed by atoms with E-state index >= 15 is 0 Å². The predicted octanol–water partition coefficient (Wildman–Crippen LogP) is 11.8. The minimum atomic E-state index is -0.691. The molecule has 7 aromatic carbocycles. The SMILES string of the molecule is [2H]c1c([2H])c(-c2ccccc2)c2c(oc3c([2H])c(-c4nc(-c5ccccc5)nc(-n5c6c([2H])c([2H])c([2H])c([2H])c6c6c7oc8c([2H])c([2H])c([2H])c([2H])c8c7c([2H])c([2H])c65)n4)c([2H])c([2H])c32)c1[2H]. The fraction of sp³-hybridized carbons (Fsp3) is 0. The van der Waals surface area contributed by atoms with Gasteiger partial charge in [0, 0.05) is 38.1 Å². The van der Waals surface area contributed by atoms with E-state index in [1.54, 1.807) is 60.7 Å². The molecule has 0 aliphatic carbocycles. The van der Waals surface area contributed by atoms with Crippen molar-refractivity contribution in [1.82, 2.24) is 19.5 Å². The lowest BCUT2D eigenvalue weighted by molar-refractivity contribution is 0.669. The van der Waals surface area contributed by atoms with Crippen LogP contribution in [0, 0.1) is 0 Å². The Morgan fingerprint density at radius 1 is 0.471 bits per heavy atom. The van der Waals surface area contributed by atoms with Gasteiger partial charge in [-0.25, -0.2) is 4.98 Å². The quantitative estimate of drug-likeness (QED) is 0.186. The predicted molar refractivity (Wildman–Crippen MR) is 205 cm³/mol. The highest BCUT2D eigenvalue weighted by molar-refractivity contribution is 6.23. The number of aromatic nitrogens is 4. The van der Waals surface area contributed by atoms with E-state index in [0.29, 0.717) is 11.1 Å². The van der Waals surface area contributed by atoms with Gasteiger partial charge >= 0.3 is 0 Å². The van der Waals surface area contributed by atoms with Crippen LogP contribution in [-0.2, 0) is 0 Å². The lowest BCUT2D eigenvalue weighted by atomic mass is 9.99. The third kappa shape index (κ3) is 4.20. The first-order chi connectivity index (χ1) is 32.0. The summed E-state index contributed by atoms with van der Waals surface area (Å²) in [6.45, 7) is 0. The highest BCUT2D eigenvalue weighted by Gasteiger charge is 2.22. The molecule has 0 N–H and O–H groups in total. The number of hydrogen-bond acceptors (Lipinski definition) is 5. The highest BCUT2D eigenvalue weighted by Crippen LogP contribution is 2.41. The zero-order valence-corrected chi connectivity index (χ0v) is 25.9. The molecule has 0 aliphatic heterocycles. The van der Waals surface area contributed by atoms with Crippen molar-refractivity contribution in [3.8, 4) is 39.9 Å². The van der Waals surface area contributed by atoms with Crippen LogP contribution in [0.5, 0.6) is 0 Å². The van der Waals surface area contributed by atoms with Gasteiger partial charge in [-0.05, 0) is 53.4 Å². The van der Waals surface area contributed by atoms with Gasteiger partial charge in [0.1, 0.15) is 22.3 Å². The van der Waals surface area contributed by atoms with Gasteiger partial charge in [0.15, 0.2) is 11.6 Å². The molecule has 6 heteroatoms. The van der Waals surface area contributed by atoms with Crippen LogP contribution in [0.3, 0.4) is 0 Å². The van der Waals surface area contributed by atoms with Crippen LogP contribution >= 0.6 is 0 Å². The minimum Gasteiger partial charge on any atom is -0.456 e. The summed E-state index contributed by atoms with van der Waals surface area (Å²) in [6, 6.07) is 8.00. The summed E-state index contributed by atoms with van der Waals surface area (Å²) >= 11 is 0. The monoisotopic (exact) mass is 670 g/mol. The van der Waals surface area contributed by atoms with E-state index in [9.17, 15) is 9.60 Å². The Labute approximate surface area is 313 Å². The summed E-state index contributed by atoms with van der Waals surface area (Å²) in [5, 5.41) is -0.763. The average Bonchev–Trinajstić information content (AvgIpc) is 4.04. The summed E-state index contributed by atoms with van der Waals surface area (Å²) in [7, 11) is 0. The van der Waals surface area contributed by atoms with Crippen molar-refractivity contribution in [3.05, 3.63) is 157 Å². The number of nitrogens with zero attached hydrogens (tertiary/aromatic N) is 4. The molecule has 51 heavy (non-hydrogen) atoms. The van der Waals surface area contributed by atoms with Crippen LogP contribution < -0.4 is 0 Å². The van der Waals surface area contributed by atoms with Crippen LogP contribution in [0.4, 0.5) is 0 Å². The molecule has 0 spiro atoms. The molecule has 0 atom stereocenters. The van der Waals surface area contributed by atoms with Gasteiger partial charge in [0.2, 0.25) is 5.95 Å².